The molecule has 1 aliphatic rings. The molecule has 0 aliphatic heterocycles. The van der Waals surface area contributed by atoms with Crippen LogP contribution in [0.2, 0.25) is 0 Å². The normalized spacial score (nSPS) is 14.2. The highest BCUT2D eigenvalue weighted by Gasteiger charge is 2.30. The van der Waals surface area contributed by atoms with Gasteiger partial charge in [0.25, 0.3) is 0 Å². The summed E-state index contributed by atoms with van der Waals surface area (Å²) in [5.74, 6) is -0.525. The van der Waals surface area contributed by atoms with Gasteiger partial charge < -0.3 is 10.2 Å². The largest absolute Gasteiger partial charge is 0.379 e. The van der Waals surface area contributed by atoms with Crippen LogP contribution in [-0.2, 0) is 0 Å². The van der Waals surface area contributed by atoms with Crippen LogP contribution in [0.4, 0.5) is 0 Å². The first kappa shape index (κ1) is 16.7. The molecule has 1 aromatic rings. The average Bonchev–Trinajstić information content (AvgIpc) is 2.40. The fraction of sp³-hybridized carbons (Fsp3) is 0.286. The first-order valence-electron chi connectivity index (χ1n) is 5.99. The van der Waals surface area contributed by atoms with Gasteiger partial charge in [-0.2, -0.15) is 0 Å². The zero-order chi connectivity index (χ0) is 14.0. The molecule has 4 nitrogen and oxygen atoms in total. The highest BCUT2D eigenvalue weighted by molar-refractivity contribution is 6.49. The number of Topliss-reactive ketones (excluding diaryl/α,β-unsaturated/α-hetero) is 2. The van der Waals surface area contributed by atoms with E-state index < -0.39 is 0 Å². The van der Waals surface area contributed by atoms with Crippen molar-refractivity contribution in [2.75, 3.05) is 27.2 Å². The molecule has 108 valence electrons. The maximum atomic E-state index is 12.3. The lowest BCUT2D eigenvalue weighted by Crippen LogP contribution is -2.33. The standard InChI is InChI=1S/C14H15ClN2O2.ClH/c1-17(2)8-7-16-12-11(15)13(18)9-5-3-4-6-10(9)14(12)19;/h3-6,16H,7-8H2,1-2H3;1H. The highest BCUT2D eigenvalue weighted by Crippen LogP contribution is 2.26. The fourth-order valence-corrected chi connectivity index (χ4v) is 2.16. The number of allylic oxidation sites excluding steroid dienone is 2. The monoisotopic (exact) mass is 314 g/mol. The number of carbonyl (C=O) groups is 2. The number of benzene rings is 1. The molecule has 6 heteroatoms. The Bertz CT molecular complexity index is 568. The van der Waals surface area contributed by atoms with Gasteiger partial charge >= 0.3 is 0 Å². The lowest BCUT2D eigenvalue weighted by Gasteiger charge is -2.19. The third kappa shape index (κ3) is 3.20. The van der Waals surface area contributed by atoms with Gasteiger partial charge in [0.1, 0.15) is 10.7 Å². The van der Waals surface area contributed by atoms with Crippen LogP contribution in [0.15, 0.2) is 35.0 Å². The van der Waals surface area contributed by atoms with E-state index in [-0.39, 0.29) is 34.7 Å². The van der Waals surface area contributed by atoms with Crippen molar-refractivity contribution >= 4 is 35.6 Å². The smallest absolute Gasteiger partial charge is 0.211 e. The van der Waals surface area contributed by atoms with Gasteiger partial charge in [-0.3, -0.25) is 9.59 Å². The second kappa shape index (κ2) is 6.88. The molecule has 0 spiro atoms. The number of carbonyl (C=O) groups excluding carboxylic acids is 2. The van der Waals surface area contributed by atoms with E-state index >= 15 is 0 Å². The summed E-state index contributed by atoms with van der Waals surface area (Å²) < 4.78 is 0. The summed E-state index contributed by atoms with van der Waals surface area (Å²) in [6.45, 7) is 1.30. The van der Waals surface area contributed by atoms with Crippen LogP contribution in [0.5, 0.6) is 0 Å². The summed E-state index contributed by atoms with van der Waals surface area (Å²) in [6, 6.07) is 6.72. The van der Waals surface area contributed by atoms with Crippen molar-refractivity contribution in [2.45, 2.75) is 0 Å². The Hall–Kier alpha value is -1.36. The van der Waals surface area contributed by atoms with Crippen LogP contribution < -0.4 is 5.32 Å². The SMILES string of the molecule is CN(C)CCNC1=C(Cl)C(=O)c2ccccc2C1=O.Cl. The number of hydrogen-bond donors (Lipinski definition) is 1. The van der Waals surface area contributed by atoms with Crippen LogP contribution >= 0.6 is 24.0 Å². The summed E-state index contributed by atoms with van der Waals surface area (Å²) in [7, 11) is 3.86. The lowest BCUT2D eigenvalue weighted by molar-refractivity contribution is 0.0974. The second-order valence-corrected chi connectivity index (χ2v) is 5.00. The molecule has 0 fully saturated rings. The molecule has 1 aromatic carbocycles. The van der Waals surface area contributed by atoms with Crippen molar-refractivity contribution in [2.24, 2.45) is 0 Å². The van der Waals surface area contributed by atoms with Gasteiger partial charge in [0.2, 0.25) is 11.6 Å². The molecule has 0 heterocycles. The van der Waals surface area contributed by atoms with E-state index in [1.807, 2.05) is 19.0 Å². The van der Waals surface area contributed by atoms with Crippen molar-refractivity contribution in [3.63, 3.8) is 0 Å². The van der Waals surface area contributed by atoms with Gasteiger partial charge in [-0.1, -0.05) is 35.9 Å². The molecule has 1 N–H and O–H groups in total. The van der Waals surface area contributed by atoms with Gasteiger partial charge in [0.15, 0.2) is 0 Å². The maximum Gasteiger partial charge on any atom is 0.211 e. The highest BCUT2D eigenvalue weighted by atomic mass is 35.5. The molecule has 0 saturated heterocycles. The Balaban J connectivity index is 0.00000200. The number of nitrogens with zero attached hydrogens (tertiary/aromatic N) is 1. The van der Waals surface area contributed by atoms with Crippen molar-refractivity contribution in [1.82, 2.24) is 10.2 Å². The minimum Gasteiger partial charge on any atom is -0.379 e. The molecule has 0 radical (unpaired) electrons. The van der Waals surface area contributed by atoms with Crippen molar-refractivity contribution < 1.29 is 9.59 Å². The predicted molar refractivity (Wildman–Crippen MR) is 81.8 cm³/mol. The number of nitrogens with one attached hydrogen (secondary N) is 1. The molecule has 0 unspecified atom stereocenters. The van der Waals surface area contributed by atoms with Crippen LogP contribution in [-0.4, -0.2) is 43.7 Å². The van der Waals surface area contributed by atoms with E-state index in [0.29, 0.717) is 17.7 Å². The molecule has 0 atom stereocenters. The Morgan fingerprint density at radius 3 is 2.20 bits per heavy atom. The number of hydrogen-bond acceptors (Lipinski definition) is 4. The number of likely N-dealkylation sites (N-methyl/N-ethyl adjacent to an activating group) is 1. The first-order valence-corrected chi connectivity index (χ1v) is 6.37. The summed E-state index contributed by atoms with van der Waals surface area (Å²) in [4.78, 5) is 26.3. The van der Waals surface area contributed by atoms with E-state index in [9.17, 15) is 9.59 Å². The lowest BCUT2D eigenvalue weighted by atomic mass is 9.92. The number of rotatable bonds is 4. The Morgan fingerprint density at radius 2 is 1.65 bits per heavy atom. The van der Waals surface area contributed by atoms with Gasteiger partial charge in [-0.15, -0.1) is 12.4 Å². The van der Waals surface area contributed by atoms with Crippen molar-refractivity contribution in [1.29, 1.82) is 0 Å². The Labute approximate surface area is 129 Å². The van der Waals surface area contributed by atoms with Crippen molar-refractivity contribution in [3.8, 4) is 0 Å². The average molecular weight is 315 g/mol. The third-order valence-electron chi connectivity index (χ3n) is 2.92. The molecular weight excluding hydrogens is 299 g/mol. The molecule has 0 bridgehead atoms. The summed E-state index contributed by atoms with van der Waals surface area (Å²) >= 11 is 6.00. The molecule has 0 amide bonds. The van der Waals surface area contributed by atoms with Gasteiger partial charge in [-0.05, 0) is 14.1 Å². The minimum atomic E-state index is -0.302. The zero-order valence-corrected chi connectivity index (χ0v) is 12.8. The molecule has 0 aromatic heterocycles. The first-order chi connectivity index (χ1) is 9.02. The Morgan fingerprint density at radius 1 is 1.10 bits per heavy atom. The molecule has 0 saturated carbocycles. The summed E-state index contributed by atoms with van der Waals surface area (Å²) in [5, 5.41) is 2.93. The Kier molecular flexibility index (Phi) is 5.74. The van der Waals surface area contributed by atoms with Gasteiger partial charge in [-0.25, -0.2) is 0 Å². The van der Waals surface area contributed by atoms with Gasteiger partial charge in [0.05, 0.1) is 0 Å². The maximum absolute atomic E-state index is 12.3. The van der Waals surface area contributed by atoms with E-state index in [2.05, 4.69) is 5.32 Å². The quantitative estimate of drug-likeness (QED) is 0.924. The molecule has 20 heavy (non-hydrogen) atoms. The van der Waals surface area contributed by atoms with E-state index in [4.69, 9.17) is 11.6 Å². The van der Waals surface area contributed by atoms with Crippen LogP contribution in [0.1, 0.15) is 20.7 Å². The second-order valence-electron chi connectivity index (χ2n) is 4.62. The van der Waals surface area contributed by atoms with Crippen LogP contribution in [0, 0.1) is 0 Å². The minimum absolute atomic E-state index is 0. The summed E-state index contributed by atoms with van der Waals surface area (Å²) in [6.07, 6.45) is 0. The zero-order valence-electron chi connectivity index (χ0n) is 11.3. The number of halogens is 2. The van der Waals surface area contributed by atoms with E-state index in [0.717, 1.165) is 6.54 Å². The molecule has 2 rings (SSSR count). The van der Waals surface area contributed by atoms with Gasteiger partial charge in [0, 0.05) is 24.2 Å². The molecular formula is C14H16Cl2N2O2. The van der Waals surface area contributed by atoms with Crippen LogP contribution in [0.3, 0.4) is 0 Å². The van der Waals surface area contributed by atoms with E-state index in [1.165, 1.54) is 0 Å². The summed E-state index contributed by atoms with van der Waals surface area (Å²) in [5.41, 5.74) is 0.979. The molecule has 1 aliphatic carbocycles. The predicted octanol–water partition coefficient (Wildman–Crippen LogP) is 2.09. The van der Waals surface area contributed by atoms with Crippen molar-refractivity contribution in [3.05, 3.63) is 46.1 Å². The fourth-order valence-electron chi connectivity index (χ4n) is 1.91. The number of fused-ring (bicyclic) bond motifs is 1. The third-order valence-corrected chi connectivity index (χ3v) is 3.28. The van der Waals surface area contributed by atoms with Crippen LogP contribution in [0.25, 0.3) is 0 Å². The number of ketones is 2. The topological polar surface area (TPSA) is 49.4 Å². The van der Waals surface area contributed by atoms with E-state index in [1.54, 1.807) is 24.3 Å².